The SMILES string of the molecule is CCOc1oc(=O)c2ccccc2c1C(CC)=C(C)C. The van der Waals surface area contributed by atoms with Crippen LogP contribution in [0.15, 0.2) is 39.1 Å². The summed E-state index contributed by atoms with van der Waals surface area (Å²) in [6, 6.07) is 7.51. The predicted octanol–water partition coefficient (Wildman–Crippen LogP) is 4.40. The van der Waals surface area contributed by atoms with Crippen LogP contribution >= 0.6 is 0 Å². The molecule has 1 aromatic heterocycles. The fourth-order valence-electron chi connectivity index (χ4n) is 2.48. The van der Waals surface area contributed by atoms with Gasteiger partial charge in [-0.25, -0.2) is 4.79 Å². The number of benzene rings is 1. The minimum atomic E-state index is -0.350. The van der Waals surface area contributed by atoms with Crippen molar-refractivity contribution >= 4 is 16.3 Å². The van der Waals surface area contributed by atoms with E-state index in [0.29, 0.717) is 17.9 Å². The van der Waals surface area contributed by atoms with Crippen LogP contribution in [0.1, 0.15) is 39.7 Å². The molecule has 3 nitrogen and oxygen atoms in total. The fraction of sp³-hybridized carbons (Fsp3) is 0.353. The molecular weight excluding hydrogens is 252 g/mol. The highest BCUT2D eigenvalue weighted by Crippen LogP contribution is 2.35. The minimum Gasteiger partial charge on any atom is -0.465 e. The van der Waals surface area contributed by atoms with Gasteiger partial charge in [0.15, 0.2) is 0 Å². The van der Waals surface area contributed by atoms with Gasteiger partial charge in [-0.3, -0.25) is 0 Å². The Bertz CT molecular complexity index is 704. The molecule has 0 amide bonds. The Morgan fingerprint density at radius 1 is 1.15 bits per heavy atom. The van der Waals surface area contributed by atoms with Gasteiger partial charge in [0, 0.05) is 5.39 Å². The third-order valence-corrected chi connectivity index (χ3v) is 3.34. The summed E-state index contributed by atoms with van der Waals surface area (Å²) in [4.78, 5) is 12.0. The van der Waals surface area contributed by atoms with Crippen LogP contribution in [0.5, 0.6) is 5.95 Å². The van der Waals surface area contributed by atoms with Crippen molar-refractivity contribution < 1.29 is 9.15 Å². The smallest absolute Gasteiger partial charge is 0.346 e. The van der Waals surface area contributed by atoms with E-state index in [1.807, 2.05) is 25.1 Å². The lowest BCUT2D eigenvalue weighted by atomic mass is 9.96. The summed E-state index contributed by atoms with van der Waals surface area (Å²) in [6.45, 7) is 8.57. The van der Waals surface area contributed by atoms with E-state index in [9.17, 15) is 4.79 Å². The molecule has 0 aliphatic heterocycles. The number of hydrogen-bond acceptors (Lipinski definition) is 3. The van der Waals surface area contributed by atoms with Crippen LogP contribution in [0, 0.1) is 0 Å². The molecule has 0 N–H and O–H groups in total. The molecule has 3 heteroatoms. The van der Waals surface area contributed by atoms with Crippen LogP contribution in [0.3, 0.4) is 0 Å². The van der Waals surface area contributed by atoms with Crippen LogP contribution in [0.2, 0.25) is 0 Å². The van der Waals surface area contributed by atoms with Crippen molar-refractivity contribution in [3.63, 3.8) is 0 Å². The van der Waals surface area contributed by atoms with Crippen molar-refractivity contribution in [2.45, 2.75) is 34.1 Å². The lowest BCUT2D eigenvalue weighted by molar-refractivity contribution is 0.244. The first kappa shape index (κ1) is 14.4. The second-order valence-corrected chi connectivity index (χ2v) is 4.86. The Kier molecular flexibility index (Phi) is 4.28. The molecule has 0 saturated carbocycles. The van der Waals surface area contributed by atoms with Crippen molar-refractivity contribution in [3.8, 4) is 5.95 Å². The van der Waals surface area contributed by atoms with E-state index in [1.165, 1.54) is 5.57 Å². The maximum atomic E-state index is 12.0. The highest BCUT2D eigenvalue weighted by Gasteiger charge is 2.18. The Morgan fingerprint density at radius 3 is 2.35 bits per heavy atom. The van der Waals surface area contributed by atoms with E-state index < -0.39 is 0 Å². The minimum absolute atomic E-state index is 0.328. The molecule has 20 heavy (non-hydrogen) atoms. The fourth-order valence-corrected chi connectivity index (χ4v) is 2.48. The van der Waals surface area contributed by atoms with Gasteiger partial charge in [0.2, 0.25) is 0 Å². The van der Waals surface area contributed by atoms with E-state index >= 15 is 0 Å². The molecule has 1 aromatic carbocycles. The van der Waals surface area contributed by atoms with Gasteiger partial charge >= 0.3 is 5.63 Å². The predicted molar refractivity (Wildman–Crippen MR) is 82.2 cm³/mol. The van der Waals surface area contributed by atoms with Crippen LogP contribution in [0.4, 0.5) is 0 Å². The third kappa shape index (κ3) is 2.48. The van der Waals surface area contributed by atoms with Gasteiger partial charge in [0.25, 0.3) is 5.95 Å². The van der Waals surface area contributed by atoms with E-state index in [-0.39, 0.29) is 5.63 Å². The zero-order valence-electron chi connectivity index (χ0n) is 12.4. The summed E-state index contributed by atoms with van der Waals surface area (Å²) in [7, 11) is 0. The van der Waals surface area contributed by atoms with Gasteiger partial charge in [-0.15, -0.1) is 0 Å². The first-order valence-corrected chi connectivity index (χ1v) is 6.95. The number of hydrogen-bond donors (Lipinski definition) is 0. The molecule has 2 aromatic rings. The van der Waals surface area contributed by atoms with Gasteiger partial charge in [-0.2, -0.15) is 0 Å². The molecule has 0 radical (unpaired) electrons. The zero-order chi connectivity index (χ0) is 14.7. The van der Waals surface area contributed by atoms with Crippen molar-refractivity contribution in [1.29, 1.82) is 0 Å². The number of rotatable bonds is 4. The molecule has 0 aliphatic carbocycles. The normalized spacial score (nSPS) is 10.6. The summed E-state index contributed by atoms with van der Waals surface area (Å²) < 4.78 is 10.9. The van der Waals surface area contributed by atoms with Crippen molar-refractivity contribution in [2.24, 2.45) is 0 Å². The largest absolute Gasteiger partial charge is 0.465 e. The van der Waals surface area contributed by atoms with Gasteiger partial charge < -0.3 is 9.15 Å². The molecule has 0 aliphatic rings. The number of allylic oxidation sites excluding steroid dienone is 2. The second kappa shape index (κ2) is 5.95. The van der Waals surface area contributed by atoms with Crippen molar-refractivity contribution in [2.75, 3.05) is 6.61 Å². The standard InChI is InChI=1S/C17H20O3/c1-5-12(11(3)4)15-13-9-7-8-10-14(13)16(18)20-17(15)19-6-2/h7-10H,5-6H2,1-4H3. The van der Waals surface area contributed by atoms with Gasteiger partial charge in [0.1, 0.15) is 0 Å². The quantitative estimate of drug-likeness (QED) is 0.828. The Labute approximate surface area is 118 Å². The second-order valence-electron chi connectivity index (χ2n) is 4.86. The first-order chi connectivity index (χ1) is 9.60. The third-order valence-electron chi connectivity index (χ3n) is 3.34. The maximum absolute atomic E-state index is 12.0. The highest BCUT2D eigenvalue weighted by molar-refractivity contribution is 5.95. The summed E-state index contributed by atoms with van der Waals surface area (Å²) in [5, 5.41) is 1.49. The van der Waals surface area contributed by atoms with Crippen molar-refractivity contribution in [1.82, 2.24) is 0 Å². The molecule has 2 rings (SSSR count). The average molecular weight is 272 g/mol. The number of fused-ring (bicyclic) bond motifs is 1. The van der Waals surface area contributed by atoms with E-state index in [2.05, 4.69) is 20.8 Å². The van der Waals surface area contributed by atoms with Gasteiger partial charge in [-0.05, 0) is 38.8 Å². The first-order valence-electron chi connectivity index (χ1n) is 6.95. The Morgan fingerprint density at radius 2 is 1.80 bits per heavy atom. The summed E-state index contributed by atoms with van der Waals surface area (Å²) >= 11 is 0. The molecule has 0 atom stereocenters. The van der Waals surface area contributed by atoms with Crippen LogP contribution in [-0.4, -0.2) is 6.61 Å². The topological polar surface area (TPSA) is 39.4 Å². The van der Waals surface area contributed by atoms with E-state index in [0.717, 1.165) is 22.9 Å². The molecule has 1 heterocycles. The molecule has 0 bridgehead atoms. The van der Waals surface area contributed by atoms with Gasteiger partial charge in [0.05, 0.1) is 17.6 Å². The van der Waals surface area contributed by atoms with Crippen LogP contribution < -0.4 is 10.4 Å². The lowest BCUT2D eigenvalue weighted by Gasteiger charge is -2.14. The summed E-state index contributed by atoms with van der Waals surface area (Å²) in [6.07, 6.45) is 0.861. The maximum Gasteiger partial charge on any atom is 0.346 e. The Hall–Kier alpha value is -2.03. The van der Waals surface area contributed by atoms with Crippen molar-refractivity contribution in [3.05, 3.63) is 45.8 Å². The van der Waals surface area contributed by atoms with Gasteiger partial charge in [-0.1, -0.05) is 30.7 Å². The van der Waals surface area contributed by atoms with Crippen LogP contribution in [0.25, 0.3) is 16.3 Å². The average Bonchev–Trinajstić information content (AvgIpc) is 2.43. The Balaban J connectivity index is 2.91. The lowest BCUT2D eigenvalue weighted by Crippen LogP contribution is -2.06. The van der Waals surface area contributed by atoms with E-state index in [4.69, 9.17) is 9.15 Å². The van der Waals surface area contributed by atoms with E-state index in [1.54, 1.807) is 6.07 Å². The summed E-state index contributed by atoms with van der Waals surface area (Å²) in [5.74, 6) is 0.328. The molecule has 0 spiro atoms. The molecule has 0 unspecified atom stereocenters. The zero-order valence-corrected chi connectivity index (χ0v) is 12.4. The molecule has 0 saturated heterocycles. The highest BCUT2D eigenvalue weighted by atomic mass is 16.6. The summed E-state index contributed by atoms with van der Waals surface area (Å²) in [5.41, 5.74) is 2.92. The van der Waals surface area contributed by atoms with Crippen LogP contribution in [-0.2, 0) is 0 Å². The monoisotopic (exact) mass is 272 g/mol. The molecule has 0 fully saturated rings. The number of ether oxygens (including phenoxy) is 1. The molecule has 106 valence electrons. The molecular formula is C17H20O3.